The maximum Gasteiger partial charge on any atom is 0.276 e. The highest BCUT2D eigenvalue weighted by Crippen LogP contribution is 2.31. The third-order valence-corrected chi connectivity index (χ3v) is 3.68. The largest absolute Gasteiger partial charge is 0.328 e. The molecule has 2 aromatic heterocycles. The lowest BCUT2D eigenvalue weighted by Gasteiger charge is -2.24. The third kappa shape index (κ3) is 1.82. The van der Waals surface area contributed by atoms with Gasteiger partial charge in [-0.1, -0.05) is 0 Å². The summed E-state index contributed by atoms with van der Waals surface area (Å²) in [6, 6.07) is 0.311. The predicted octanol–water partition coefficient (Wildman–Crippen LogP) is 0.711. The first-order chi connectivity index (χ1) is 8.65. The Morgan fingerprint density at radius 3 is 2.83 bits per heavy atom. The van der Waals surface area contributed by atoms with Gasteiger partial charge in [0.25, 0.3) is 5.56 Å². The Bertz CT molecular complexity index is 621. The number of aromatic nitrogens is 4. The lowest BCUT2D eigenvalue weighted by molar-refractivity contribution is 0.381. The Morgan fingerprint density at radius 2 is 2.11 bits per heavy atom. The van der Waals surface area contributed by atoms with E-state index >= 15 is 0 Å². The normalized spacial score (nSPS) is 24.6. The zero-order chi connectivity index (χ0) is 12.7. The van der Waals surface area contributed by atoms with E-state index < -0.39 is 0 Å². The van der Waals surface area contributed by atoms with E-state index in [4.69, 9.17) is 5.73 Å². The molecule has 0 atom stereocenters. The van der Waals surface area contributed by atoms with E-state index in [2.05, 4.69) is 15.1 Å². The summed E-state index contributed by atoms with van der Waals surface area (Å²) in [7, 11) is 0. The van der Waals surface area contributed by atoms with Gasteiger partial charge in [0.15, 0.2) is 5.52 Å². The molecule has 96 valence electrons. The second-order valence-electron chi connectivity index (χ2n) is 5.06. The van der Waals surface area contributed by atoms with Crippen LogP contribution in [-0.4, -0.2) is 25.6 Å². The summed E-state index contributed by atoms with van der Waals surface area (Å²) in [6.45, 7) is 1.78. The van der Waals surface area contributed by atoms with Gasteiger partial charge in [0.1, 0.15) is 11.6 Å². The molecule has 1 aliphatic carbocycles. The highest BCUT2D eigenvalue weighted by atomic mass is 16.1. The fourth-order valence-electron chi connectivity index (χ4n) is 2.68. The minimum absolute atomic E-state index is 0.131. The molecule has 2 heterocycles. The molecule has 1 aliphatic rings. The topological polar surface area (TPSA) is 89.1 Å². The van der Waals surface area contributed by atoms with Gasteiger partial charge in [-0.05, 0) is 32.6 Å². The van der Waals surface area contributed by atoms with Crippen LogP contribution >= 0.6 is 0 Å². The maximum atomic E-state index is 11.8. The van der Waals surface area contributed by atoms with Gasteiger partial charge in [-0.3, -0.25) is 4.79 Å². The van der Waals surface area contributed by atoms with Crippen molar-refractivity contribution < 1.29 is 0 Å². The number of hydrogen-bond acceptors (Lipinski definition) is 4. The van der Waals surface area contributed by atoms with Crippen molar-refractivity contribution >= 4 is 5.52 Å². The molecular formula is C12H17N5O. The van der Waals surface area contributed by atoms with Gasteiger partial charge in [0, 0.05) is 12.0 Å². The molecule has 0 spiro atoms. The molecule has 0 radical (unpaired) electrons. The summed E-state index contributed by atoms with van der Waals surface area (Å²) in [6.07, 6.45) is 5.68. The zero-order valence-corrected chi connectivity index (χ0v) is 10.4. The number of H-pyrrole nitrogens is 1. The summed E-state index contributed by atoms with van der Waals surface area (Å²) in [5.41, 5.74) is 6.30. The monoisotopic (exact) mass is 247 g/mol. The molecule has 0 bridgehead atoms. The number of nitrogens with zero attached hydrogens (tertiary/aromatic N) is 3. The minimum Gasteiger partial charge on any atom is -0.328 e. The van der Waals surface area contributed by atoms with Crippen molar-refractivity contribution in [1.29, 1.82) is 0 Å². The first-order valence-electron chi connectivity index (χ1n) is 6.35. The van der Waals surface area contributed by atoms with Gasteiger partial charge in [0.05, 0.1) is 6.20 Å². The van der Waals surface area contributed by atoms with Crippen molar-refractivity contribution in [2.75, 3.05) is 0 Å². The summed E-state index contributed by atoms with van der Waals surface area (Å²) in [5, 5.41) is 4.36. The maximum absolute atomic E-state index is 11.8. The van der Waals surface area contributed by atoms with Gasteiger partial charge in [-0.2, -0.15) is 5.10 Å². The first-order valence-corrected chi connectivity index (χ1v) is 6.35. The number of aryl methyl sites for hydroxylation is 1. The van der Waals surface area contributed by atoms with E-state index in [0.29, 0.717) is 23.3 Å². The third-order valence-electron chi connectivity index (χ3n) is 3.68. The average Bonchev–Trinajstić information content (AvgIpc) is 2.74. The van der Waals surface area contributed by atoms with E-state index in [1.54, 1.807) is 17.6 Å². The fourth-order valence-corrected chi connectivity index (χ4v) is 2.68. The molecule has 0 unspecified atom stereocenters. The van der Waals surface area contributed by atoms with Crippen molar-refractivity contribution in [3.8, 4) is 0 Å². The van der Waals surface area contributed by atoms with Gasteiger partial charge < -0.3 is 10.7 Å². The molecule has 3 N–H and O–H groups in total. The Morgan fingerprint density at radius 1 is 1.39 bits per heavy atom. The highest BCUT2D eigenvalue weighted by Gasteiger charge is 2.24. The standard InChI is InChI=1S/C12H17N5O/c1-7-15-12(18)10-6-14-11(17(10)16-7)8-2-4-9(13)5-3-8/h6,8-9H,2-5,13H2,1H3,(H,15,16,18). The lowest BCUT2D eigenvalue weighted by Crippen LogP contribution is -2.27. The minimum atomic E-state index is -0.131. The van der Waals surface area contributed by atoms with Crippen LogP contribution in [0.4, 0.5) is 0 Å². The SMILES string of the molecule is Cc1nn2c(C3CCC(N)CC3)ncc2c(=O)[nH]1. The number of aromatic amines is 1. The van der Waals surface area contributed by atoms with E-state index in [1.807, 2.05) is 0 Å². The van der Waals surface area contributed by atoms with Crippen LogP contribution in [-0.2, 0) is 0 Å². The second kappa shape index (κ2) is 4.20. The molecular weight excluding hydrogens is 230 g/mol. The van der Waals surface area contributed by atoms with Crippen LogP contribution < -0.4 is 11.3 Å². The Hall–Kier alpha value is -1.69. The van der Waals surface area contributed by atoms with Crippen LogP contribution in [0.1, 0.15) is 43.3 Å². The van der Waals surface area contributed by atoms with Crippen molar-refractivity contribution in [2.45, 2.75) is 44.6 Å². The van der Waals surface area contributed by atoms with Crippen LogP contribution in [0.25, 0.3) is 5.52 Å². The van der Waals surface area contributed by atoms with E-state index in [-0.39, 0.29) is 5.56 Å². The van der Waals surface area contributed by atoms with Gasteiger partial charge in [-0.15, -0.1) is 0 Å². The number of hydrogen-bond donors (Lipinski definition) is 2. The fraction of sp³-hybridized carbons (Fsp3) is 0.583. The molecule has 0 aliphatic heterocycles. The van der Waals surface area contributed by atoms with Gasteiger partial charge in [0.2, 0.25) is 0 Å². The van der Waals surface area contributed by atoms with Crippen LogP contribution in [0, 0.1) is 6.92 Å². The van der Waals surface area contributed by atoms with Crippen molar-refractivity contribution in [1.82, 2.24) is 19.6 Å². The molecule has 1 saturated carbocycles. The average molecular weight is 247 g/mol. The molecule has 3 rings (SSSR count). The number of nitrogens with one attached hydrogen (secondary N) is 1. The van der Waals surface area contributed by atoms with E-state index in [9.17, 15) is 4.79 Å². The summed E-state index contributed by atoms with van der Waals surface area (Å²) < 4.78 is 1.69. The summed E-state index contributed by atoms with van der Waals surface area (Å²) in [4.78, 5) is 18.8. The molecule has 0 saturated heterocycles. The molecule has 18 heavy (non-hydrogen) atoms. The number of fused-ring (bicyclic) bond motifs is 1. The summed E-state index contributed by atoms with van der Waals surface area (Å²) >= 11 is 0. The lowest BCUT2D eigenvalue weighted by atomic mass is 9.86. The van der Waals surface area contributed by atoms with Crippen molar-refractivity contribution in [2.24, 2.45) is 5.73 Å². The number of nitrogens with two attached hydrogens (primary N) is 1. The Kier molecular flexibility index (Phi) is 2.66. The molecule has 0 amide bonds. The first kappa shape index (κ1) is 11.4. The molecule has 6 heteroatoms. The smallest absolute Gasteiger partial charge is 0.276 e. The number of rotatable bonds is 1. The van der Waals surface area contributed by atoms with Gasteiger partial charge in [-0.25, -0.2) is 9.50 Å². The summed E-state index contributed by atoms with van der Waals surface area (Å²) in [5.74, 6) is 1.87. The quantitative estimate of drug-likeness (QED) is 0.776. The van der Waals surface area contributed by atoms with Crippen LogP contribution in [0.3, 0.4) is 0 Å². The zero-order valence-electron chi connectivity index (χ0n) is 10.4. The van der Waals surface area contributed by atoms with Crippen molar-refractivity contribution in [3.63, 3.8) is 0 Å². The number of imidazole rings is 1. The molecule has 2 aromatic rings. The van der Waals surface area contributed by atoms with Crippen molar-refractivity contribution in [3.05, 3.63) is 28.2 Å². The highest BCUT2D eigenvalue weighted by molar-refractivity contribution is 5.42. The van der Waals surface area contributed by atoms with Crippen LogP contribution in [0.15, 0.2) is 11.0 Å². The van der Waals surface area contributed by atoms with E-state index in [0.717, 1.165) is 31.5 Å². The van der Waals surface area contributed by atoms with Crippen LogP contribution in [0.2, 0.25) is 0 Å². The van der Waals surface area contributed by atoms with Crippen LogP contribution in [0.5, 0.6) is 0 Å². The molecule has 6 nitrogen and oxygen atoms in total. The van der Waals surface area contributed by atoms with Gasteiger partial charge >= 0.3 is 0 Å². The Labute approximate surface area is 104 Å². The Balaban J connectivity index is 2.05. The predicted molar refractivity (Wildman–Crippen MR) is 67.5 cm³/mol. The molecule has 1 fully saturated rings. The van der Waals surface area contributed by atoms with E-state index in [1.165, 1.54) is 0 Å². The molecule has 0 aromatic carbocycles. The second-order valence-corrected chi connectivity index (χ2v) is 5.06.